The van der Waals surface area contributed by atoms with Gasteiger partial charge in [-0.15, -0.1) is 13.2 Å². The fraction of sp³-hybridized carbons (Fsp3) is 0.222. The highest BCUT2D eigenvalue weighted by molar-refractivity contribution is 5.86. The molecule has 0 fully saturated rings. The second-order valence-electron chi connectivity index (χ2n) is 5.98. The lowest BCUT2D eigenvalue weighted by Gasteiger charge is -2.31. The van der Waals surface area contributed by atoms with Gasteiger partial charge in [0.1, 0.15) is 28.9 Å². The van der Waals surface area contributed by atoms with Crippen LogP contribution in [0, 0.1) is 11.3 Å². The lowest BCUT2D eigenvalue weighted by molar-refractivity contribution is -0.274. The van der Waals surface area contributed by atoms with Crippen molar-refractivity contribution in [2.24, 2.45) is 0 Å². The van der Waals surface area contributed by atoms with Gasteiger partial charge in [0.2, 0.25) is 0 Å². The van der Waals surface area contributed by atoms with E-state index < -0.39 is 12.0 Å². The van der Waals surface area contributed by atoms with Crippen LogP contribution >= 0.6 is 0 Å². The molecule has 1 aliphatic heterocycles. The zero-order valence-electron chi connectivity index (χ0n) is 13.4. The number of nitrogens with zero attached hydrogens (tertiary/aromatic N) is 2. The van der Waals surface area contributed by atoms with E-state index in [1.807, 2.05) is 19.9 Å². The maximum atomic E-state index is 12.5. The van der Waals surface area contributed by atoms with Crippen LogP contribution in [0.1, 0.15) is 30.7 Å². The number of aromatic nitrogens is 1. The van der Waals surface area contributed by atoms with E-state index in [9.17, 15) is 18.4 Å². The summed E-state index contributed by atoms with van der Waals surface area (Å²) in [6.45, 7) is 3.64. The van der Waals surface area contributed by atoms with E-state index in [-0.39, 0.29) is 11.4 Å². The molecule has 0 saturated heterocycles. The summed E-state index contributed by atoms with van der Waals surface area (Å²) in [4.78, 5) is 4.02. The molecule has 1 aromatic heterocycles. The van der Waals surface area contributed by atoms with Gasteiger partial charge >= 0.3 is 6.36 Å². The van der Waals surface area contributed by atoms with Crippen molar-refractivity contribution in [1.82, 2.24) is 4.98 Å². The minimum atomic E-state index is -4.79. The summed E-state index contributed by atoms with van der Waals surface area (Å²) in [6, 6.07) is 9.22. The Kier molecular flexibility index (Phi) is 3.91. The largest absolute Gasteiger partial charge is 0.573 e. The van der Waals surface area contributed by atoms with Gasteiger partial charge in [-0.25, -0.2) is 4.98 Å². The number of nitriles is 1. The highest BCUT2D eigenvalue weighted by Gasteiger charge is 2.33. The van der Waals surface area contributed by atoms with Crippen LogP contribution < -0.4 is 9.47 Å². The highest BCUT2D eigenvalue weighted by atomic mass is 19.4. The zero-order chi connectivity index (χ0) is 18.2. The molecule has 128 valence electrons. The number of fused-ring (bicyclic) bond motifs is 1. The maximum absolute atomic E-state index is 12.5. The second-order valence-corrected chi connectivity index (χ2v) is 5.98. The molecular weight excluding hydrogens is 333 g/mol. The first-order valence-electron chi connectivity index (χ1n) is 7.36. The van der Waals surface area contributed by atoms with Gasteiger partial charge in [-0.3, -0.25) is 0 Å². The zero-order valence-corrected chi connectivity index (χ0v) is 13.4. The van der Waals surface area contributed by atoms with Crippen LogP contribution in [0.3, 0.4) is 0 Å². The molecule has 0 saturated carbocycles. The van der Waals surface area contributed by atoms with Gasteiger partial charge in [0.25, 0.3) is 0 Å². The molecule has 0 unspecified atom stereocenters. The Labute approximate surface area is 142 Å². The molecule has 7 heteroatoms. The van der Waals surface area contributed by atoms with Gasteiger partial charge in [0.15, 0.2) is 0 Å². The number of pyridine rings is 1. The van der Waals surface area contributed by atoms with E-state index in [0.29, 0.717) is 22.4 Å². The standard InChI is InChI=1S/C18H13F3N2O2/c1-17(2)9-14(12-4-3-7-23-15(12)10-22)13-8-11(24-18(19,20)21)5-6-16(13)25-17/h3-9H,1-2H3. The van der Waals surface area contributed by atoms with Crippen molar-refractivity contribution in [1.29, 1.82) is 5.26 Å². The average molecular weight is 346 g/mol. The first-order chi connectivity index (χ1) is 11.7. The number of alkyl halides is 3. The molecule has 3 rings (SSSR count). The summed E-state index contributed by atoms with van der Waals surface area (Å²) >= 11 is 0. The third kappa shape index (κ3) is 3.58. The van der Waals surface area contributed by atoms with Crippen molar-refractivity contribution in [3.05, 3.63) is 59.4 Å². The van der Waals surface area contributed by atoms with E-state index >= 15 is 0 Å². The van der Waals surface area contributed by atoms with E-state index in [2.05, 4.69) is 9.72 Å². The Bertz CT molecular complexity index is 896. The van der Waals surface area contributed by atoms with E-state index in [1.165, 1.54) is 24.4 Å². The fourth-order valence-corrected chi connectivity index (χ4v) is 2.68. The Balaban J connectivity index is 2.17. The van der Waals surface area contributed by atoms with Crippen molar-refractivity contribution in [3.63, 3.8) is 0 Å². The number of hydrogen-bond acceptors (Lipinski definition) is 4. The number of halogens is 3. The molecule has 0 spiro atoms. The summed E-state index contributed by atoms with van der Waals surface area (Å²) in [5.74, 6) is 0.0487. The van der Waals surface area contributed by atoms with Gasteiger partial charge in [-0.1, -0.05) is 0 Å². The lowest BCUT2D eigenvalue weighted by atomic mass is 9.89. The minimum Gasteiger partial charge on any atom is -0.483 e. The van der Waals surface area contributed by atoms with Crippen LogP contribution in [0.25, 0.3) is 5.57 Å². The van der Waals surface area contributed by atoms with Crippen molar-refractivity contribution in [3.8, 4) is 17.6 Å². The van der Waals surface area contributed by atoms with Crippen LogP contribution in [-0.4, -0.2) is 16.9 Å². The summed E-state index contributed by atoms with van der Waals surface area (Å²) in [7, 11) is 0. The molecule has 0 radical (unpaired) electrons. The van der Waals surface area contributed by atoms with Gasteiger partial charge in [-0.05, 0) is 55.8 Å². The number of ether oxygens (including phenoxy) is 2. The van der Waals surface area contributed by atoms with Crippen LogP contribution in [0.4, 0.5) is 13.2 Å². The van der Waals surface area contributed by atoms with Crippen molar-refractivity contribution in [2.75, 3.05) is 0 Å². The fourth-order valence-electron chi connectivity index (χ4n) is 2.68. The Hall–Kier alpha value is -3.01. The predicted molar refractivity (Wildman–Crippen MR) is 83.9 cm³/mol. The number of benzene rings is 1. The topological polar surface area (TPSA) is 55.1 Å². The SMILES string of the molecule is CC1(C)C=C(c2cccnc2C#N)c2cc(OC(F)(F)F)ccc2O1. The maximum Gasteiger partial charge on any atom is 0.573 e. The van der Waals surface area contributed by atoms with Crippen LogP contribution in [0.15, 0.2) is 42.6 Å². The smallest absolute Gasteiger partial charge is 0.483 e. The van der Waals surface area contributed by atoms with Gasteiger partial charge in [0, 0.05) is 17.3 Å². The van der Waals surface area contributed by atoms with Gasteiger partial charge in [-0.2, -0.15) is 5.26 Å². The second kappa shape index (κ2) is 5.81. The van der Waals surface area contributed by atoms with Crippen molar-refractivity contribution >= 4 is 5.57 Å². The van der Waals surface area contributed by atoms with Gasteiger partial charge in [0.05, 0.1) is 0 Å². The molecular formula is C18H13F3N2O2. The van der Waals surface area contributed by atoms with Crippen molar-refractivity contribution in [2.45, 2.75) is 25.8 Å². The van der Waals surface area contributed by atoms with Crippen LogP contribution in [0.5, 0.6) is 11.5 Å². The van der Waals surface area contributed by atoms with Gasteiger partial charge < -0.3 is 9.47 Å². The number of hydrogen-bond donors (Lipinski definition) is 0. The molecule has 0 amide bonds. The summed E-state index contributed by atoms with van der Waals surface area (Å²) in [5, 5.41) is 9.29. The summed E-state index contributed by atoms with van der Waals surface area (Å²) < 4.78 is 47.4. The third-order valence-corrected chi connectivity index (χ3v) is 3.54. The lowest BCUT2D eigenvalue weighted by Crippen LogP contribution is -2.29. The first kappa shape index (κ1) is 16.8. The van der Waals surface area contributed by atoms with Crippen LogP contribution in [-0.2, 0) is 0 Å². The molecule has 0 aliphatic carbocycles. The summed E-state index contributed by atoms with van der Waals surface area (Å²) in [5.41, 5.74) is 0.984. The Morgan fingerprint density at radius 3 is 2.64 bits per heavy atom. The molecule has 1 aliphatic rings. The molecule has 0 bridgehead atoms. The molecule has 4 nitrogen and oxygen atoms in total. The average Bonchev–Trinajstić information content (AvgIpc) is 2.52. The quantitative estimate of drug-likeness (QED) is 0.806. The van der Waals surface area contributed by atoms with E-state index in [0.717, 1.165) is 0 Å². The predicted octanol–water partition coefficient (Wildman–Crippen LogP) is 4.45. The first-order valence-corrected chi connectivity index (χ1v) is 7.36. The monoisotopic (exact) mass is 346 g/mol. The minimum absolute atomic E-state index is 0.180. The van der Waals surface area contributed by atoms with Crippen molar-refractivity contribution < 1.29 is 22.6 Å². The Morgan fingerprint density at radius 1 is 1.20 bits per heavy atom. The molecule has 0 atom stereocenters. The van der Waals surface area contributed by atoms with Crippen LogP contribution in [0.2, 0.25) is 0 Å². The Morgan fingerprint density at radius 2 is 1.96 bits per heavy atom. The molecule has 25 heavy (non-hydrogen) atoms. The normalized spacial score (nSPS) is 15.4. The van der Waals surface area contributed by atoms with E-state index in [1.54, 1.807) is 18.2 Å². The van der Waals surface area contributed by atoms with E-state index in [4.69, 9.17) is 4.74 Å². The molecule has 2 aromatic rings. The summed E-state index contributed by atoms with van der Waals surface area (Å²) in [6.07, 6.45) is -1.55. The third-order valence-electron chi connectivity index (χ3n) is 3.54. The molecule has 0 N–H and O–H groups in total. The molecule has 1 aromatic carbocycles. The molecule has 2 heterocycles. The number of rotatable bonds is 2. The highest BCUT2D eigenvalue weighted by Crippen LogP contribution is 2.42.